The summed E-state index contributed by atoms with van der Waals surface area (Å²) in [4.78, 5) is 24.4. The van der Waals surface area contributed by atoms with Crippen molar-refractivity contribution in [2.45, 2.75) is 20.4 Å². The lowest BCUT2D eigenvalue weighted by Gasteiger charge is -2.10. The number of hydrogen-bond donors (Lipinski definition) is 1. The molecule has 27 heavy (non-hydrogen) atoms. The van der Waals surface area contributed by atoms with E-state index in [0.717, 1.165) is 16.7 Å². The van der Waals surface area contributed by atoms with Gasteiger partial charge in [0, 0.05) is 17.3 Å². The molecular formula is C21H21N3O3. The molecule has 0 radical (unpaired) electrons. The van der Waals surface area contributed by atoms with Crippen molar-refractivity contribution in [1.82, 2.24) is 9.78 Å². The van der Waals surface area contributed by atoms with Gasteiger partial charge >= 0.3 is 0 Å². The molecule has 3 aromatic rings. The Morgan fingerprint density at radius 3 is 2.52 bits per heavy atom. The molecule has 0 unspecified atom stereocenters. The number of hydrogen-bond acceptors (Lipinski definition) is 4. The lowest BCUT2D eigenvalue weighted by Crippen LogP contribution is -2.29. The van der Waals surface area contributed by atoms with E-state index in [-0.39, 0.29) is 18.0 Å². The molecule has 1 amide bonds. The highest BCUT2D eigenvalue weighted by atomic mass is 16.5. The molecule has 1 N–H and O–H groups in total. The fourth-order valence-electron chi connectivity index (χ4n) is 2.73. The molecule has 0 aliphatic carbocycles. The summed E-state index contributed by atoms with van der Waals surface area (Å²) in [6, 6.07) is 16.1. The lowest BCUT2D eigenvalue weighted by atomic mass is 10.0. The molecular weight excluding hydrogens is 342 g/mol. The zero-order chi connectivity index (χ0) is 19.4. The first-order valence-electron chi connectivity index (χ1n) is 8.56. The molecule has 2 aromatic carbocycles. The van der Waals surface area contributed by atoms with Gasteiger partial charge < -0.3 is 10.1 Å². The molecule has 1 heterocycles. The summed E-state index contributed by atoms with van der Waals surface area (Å²) in [5.74, 6) is 0.375. The first-order chi connectivity index (χ1) is 13.0. The van der Waals surface area contributed by atoms with E-state index in [2.05, 4.69) is 10.4 Å². The lowest BCUT2D eigenvalue weighted by molar-refractivity contribution is -0.117. The highest BCUT2D eigenvalue weighted by Gasteiger charge is 2.10. The molecule has 1 aromatic heterocycles. The predicted octanol–water partition coefficient (Wildman–Crippen LogP) is 3.17. The third-order valence-electron chi connectivity index (χ3n) is 4.20. The number of methoxy groups -OCH3 is 1. The molecule has 0 aliphatic heterocycles. The van der Waals surface area contributed by atoms with Crippen molar-refractivity contribution in [3.63, 3.8) is 0 Å². The van der Waals surface area contributed by atoms with E-state index < -0.39 is 0 Å². The van der Waals surface area contributed by atoms with Crippen LogP contribution < -0.4 is 15.6 Å². The summed E-state index contributed by atoms with van der Waals surface area (Å²) < 4.78 is 6.27. The van der Waals surface area contributed by atoms with Crippen LogP contribution in [0.5, 0.6) is 5.75 Å². The summed E-state index contributed by atoms with van der Waals surface area (Å²) in [6.07, 6.45) is 0. The molecule has 0 spiro atoms. The van der Waals surface area contributed by atoms with Crippen LogP contribution in [0.1, 0.15) is 11.1 Å². The number of carbonyl (C=O) groups is 1. The van der Waals surface area contributed by atoms with Crippen molar-refractivity contribution in [2.24, 2.45) is 0 Å². The number of nitrogens with zero attached hydrogens (tertiary/aromatic N) is 2. The Kier molecular flexibility index (Phi) is 5.35. The van der Waals surface area contributed by atoms with Crippen LogP contribution >= 0.6 is 0 Å². The van der Waals surface area contributed by atoms with Gasteiger partial charge in [-0.15, -0.1) is 0 Å². The SMILES string of the molecule is COc1ccc(NC(=O)Cn2nc(-c3cc(C)ccc3C)ccc2=O)cc1. The van der Waals surface area contributed by atoms with Gasteiger partial charge in [-0.2, -0.15) is 5.10 Å². The van der Waals surface area contributed by atoms with Crippen LogP contribution in [0.25, 0.3) is 11.3 Å². The maximum absolute atomic E-state index is 12.3. The van der Waals surface area contributed by atoms with Crippen molar-refractivity contribution in [3.8, 4) is 17.0 Å². The Morgan fingerprint density at radius 1 is 1.07 bits per heavy atom. The zero-order valence-corrected chi connectivity index (χ0v) is 15.5. The second-order valence-electron chi connectivity index (χ2n) is 6.31. The topological polar surface area (TPSA) is 73.2 Å². The Hall–Kier alpha value is -3.41. The Morgan fingerprint density at radius 2 is 1.81 bits per heavy atom. The van der Waals surface area contributed by atoms with Crippen molar-refractivity contribution in [1.29, 1.82) is 0 Å². The number of anilines is 1. The van der Waals surface area contributed by atoms with Gasteiger partial charge in [0.15, 0.2) is 0 Å². The number of aryl methyl sites for hydroxylation is 2. The second kappa shape index (κ2) is 7.86. The van der Waals surface area contributed by atoms with Crippen LogP contribution in [0.2, 0.25) is 0 Å². The average Bonchev–Trinajstić information content (AvgIpc) is 2.66. The number of nitrogens with one attached hydrogen (secondary N) is 1. The van der Waals surface area contributed by atoms with Gasteiger partial charge in [0.1, 0.15) is 12.3 Å². The number of carbonyl (C=O) groups excluding carboxylic acids is 1. The first kappa shape index (κ1) is 18.4. The molecule has 138 valence electrons. The Bertz CT molecular complexity index is 1020. The van der Waals surface area contributed by atoms with Crippen LogP contribution in [-0.4, -0.2) is 22.8 Å². The summed E-state index contributed by atoms with van der Waals surface area (Å²) >= 11 is 0. The molecule has 0 bridgehead atoms. The molecule has 0 fully saturated rings. The van der Waals surface area contributed by atoms with E-state index in [1.807, 2.05) is 32.0 Å². The van der Waals surface area contributed by atoms with Crippen LogP contribution in [0.3, 0.4) is 0 Å². The van der Waals surface area contributed by atoms with E-state index in [4.69, 9.17) is 4.74 Å². The zero-order valence-electron chi connectivity index (χ0n) is 15.5. The van der Waals surface area contributed by atoms with Gasteiger partial charge in [0.05, 0.1) is 12.8 Å². The maximum Gasteiger partial charge on any atom is 0.267 e. The predicted molar refractivity (Wildman–Crippen MR) is 105 cm³/mol. The van der Waals surface area contributed by atoms with Gasteiger partial charge in [-0.1, -0.05) is 17.7 Å². The van der Waals surface area contributed by atoms with E-state index >= 15 is 0 Å². The summed E-state index contributed by atoms with van der Waals surface area (Å²) in [5, 5.41) is 7.13. The van der Waals surface area contributed by atoms with Crippen molar-refractivity contribution >= 4 is 11.6 Å². The number of benzene rings is 2. The maximum atomic E-state index is 12.3. The normalized spacial score (nSPS) is 10.5. The van der Waals surface area contributed by atoms with Crippen LogP contribution in [0.4, 0.5) is 5.69 Å². The van der Waals surface area contributed by atoms with E-state index in [0.29, 0.717) is 17.1 Å². The summed E-state index contributed by atoms with van der Waals surface area (Å²) in [5.41, 5.74) is 4.06. The minimum Gasteiger partial charge on any atom is -0.497 e. The molecule has 0 aliphatic rings. The van der Waals surface area contributed by atoms with Gasteiger partial charge in [-0.3, -0.25) is 9.59 Å². The van der Waals surface area contributed by atoms with Crippen LogP contribution in [0.15, 0.2) is 59.4 Å². The minimum atomic E-state index is -0.326. The Labute approximate surface area is 157 Å². The van der Waals surface area contributed by atoms with Crippen molar-refractivity contribution in [3.05, 3.63) is 76.1 Å². The third kappa shape index (κ3) is 4.41. The number of ether oxygens (including phenoxy) is 1. The van der Waals surface area contributed by atoms with E-state index in [1.54, 1.807) is 37.4 Å². The average molecular weight is 363 g/mol. The fraction of sp³-hybridized carbons (Fsp3) is 0.190. The molecule has 0 saturated carbocycles. The minimum absolute atomic E-state index is 0.163. The molecule has 0 saturated heterocycles. The molecule has 6 heteroatoms. The van der Waals surface area contributed by atoms with Gasteiger partial charge in [0.2, 0.25) is 5.91 Å². The highest BCUT2D eigenvalue weighted by molar-refractivity contribution is 5.90. The third-order valence-corrected chi connectivity index (χ3v) is 4.20. The number of amides is 1. The van der Waals surface area contributed by atoms with Crippen LogP contribution in [-0.2, 0) is 11.3 Å². The monoisotopic (exact) mass is 363 g/mol. The fourth-order valence-corrected chi connectivity index (χ4v) is 2.73. The van der Waals surface area contributed by atoms with Crippen molar-refractivity contribution in [2.75, 3.05) is 12.4 Å². The standard InChI is InChI=1S/C21H21N3O3/c1-14-4-5-15(2)18(12-14)19-10-11-21(26)24(23-19)13-20(25)22-16-6-8-17(27-3)9-7-16/h4-12H,13H2,1-3H3,(H,22,25). The second-order valence-corrected chi connectivity index (χ2v) is 6.31. The quantitative estimate of drug-likeness (QED) is 0.756. The summed E-state index contributed by atoms with van der Waals surface area (Å²) in [6.45, 7) is 3.83. The number of aromatic nitrogens is 2. The number of rotatable bonds is 5. The van der Waals surface area contributed by atoms with Gasteiger partial charge in [-0.25, -0.2) is 4.68 Å². The Balaban J connectivity index is 1.80. The van der Waals surface area contributed by atoms with E-state index in [1.165, 1.54) is 10.7 Å². The molecule has 0 atom stereocenters. The smallest absolute Gasteiger partial charge is 0.267 e. The van der Waals surface area contributed by atoms with E-state index in [9.17, 15) is 9.59 Å². The molecule has 3 rings (SSSR count). The largest absolute Gasteiger partial charge is 0.497 e. The van der Waals surface area contributed by atoms with Crippen LogP contribution in [0, 0.1) is 13.8 Å². The van der Waals surface area contributed by atoms with Gasteiger partial charge in [-0.05, 0) is 55.8 Å². The first-order valence-corrected chi connectivity index (χ1v) is 8.56. The van der Waals surface area contributed by atoms with Gasteiger partial charge in [0.25, 0.3) is 5.56 Å². The summed E-state index contributed by atoms with van der Waals surface area (Å²) in [7, 11) is 1.58. The molecule has 6 nitrogen and oxygen atoms in total. The highest BCUT2D eigenvalue weighted by Crippen LogP contribution is 2.21. The van der Waals surface area contributed by atoms with Crippen molar-refractivity contribution < 1.29 is 9.53 Å².